The van der Waals surface area contributed by atoms with Crippen LogP contribution in [0.1, 0.15) is 34.1 Å². The normalized spacial score (nSPS) is 15.1. The summed E-state index contributed by atoms with van der Waals surface area (Å²) in [6, 6.07) is -2.17. The van der Waals surface area contributed by atoms with Crippen LogP contribution in [0.2, 0.25) is 0 Å². The van der Waals surface area contributed by atoms with Gasteiger partial charge in [-0.25, -0.2) is 0 Å². The molecule has 23 heavy (non-hydrogen) atoms. The summed E-state index contributed by atoms with van der Waals surface area (Å²) in [5.74, 6) is -2.18. The molecule has 0 rings (SSSR count). The number of rotatable bonds is 10. The van der Waals surface area contributed by atoms with Crippen LogP contribution >= 0.6 is 0 Å². The highest BCUT2D eigenvalue weighted by Gasteiger charge is 2.29. The van der Waals surface area contributed by atoms with E-state index in [1.165, 1.54) is 0 Å². The molecule has 0 aromatic heterocycles. The molecular formula is C15H29N3O5. The molecule has 0 saturated heterocycles. The number of nitrogens with one attached hydrogen (secondary N) is 2. The van der Waals surface area contributed by atoms with Gasteiger partial charge < -0.3 is 26.2 Å². The summed E-state index contributed by atoms with van der Waals surface area (Å²) in [6.45, 7) is 7.84. The highest BCUT2D eigenvalue weighted by Crippen LogP contribution is 2.07. The van der Waals surface area contributed by atoms with E-state index >= 15 is 0 Å². The van der Waals surface area contributed by atoms with E-state index in [4.69, 9.17) is 15.6 Å². The number of aliphatic carboxylic acids is 1. The van der Waals surface area contributed by atoms with E-state index in [0.29, 0.717) is 6.61 Å². The number of hydrogen-bond acceptors (Lipinski definition) is 5. The first-order valence-electron chi connectivity index (χ1n) is 7.67. The second kappa shape index (κ2) is 10.2. The van der Waals surface area contributed by atoms with Gasteiger partial charge in [-0.2, -0.15) is 0 Å². The topological polar surface area (TPSA) is 131 Å². The zero-order valence-electron chi connectivity index (χ0n) is 14.5. The van der Waals surface area contributed by atoms with Crippen LogP contribution in [0.4, 0.5) is 0 Å². The maximum absolute atomic E-state index is 12.4. The van der Waals surface area contributed by atoms with Gasteiger partial charge in [0, 0.05) is 7.11 Å². The van der Waals surface area contributed by atoms with Crippen LogP contribution in [0.15, 0.2) is 0 Å². The van der Waals surface area contributed by atoms with Crippen LogP contribution in [0, 0.1) is 11.8 Å². The number of carbonyl (C=O) groups is 3. The molecule has 3 atom stereocenters. The summed E-state index contributed by atoms with van der Waals surface area (Å²) in [5.41, 5.74) is 5.52. The Kier molecular flexibility index (Phi) is 9.43. The van der Waals surface area contributed by atoms with E-state index in [2.05, 4.69) is 10.6 Å². The van der Waals surface area contributed by atoms with Gasteiger partial charge in [-0.3, -0.25) is 14.4 Å². The van der Waals surface area contributed by atoms with Crippen molar-refractivity contribution in [2.24, 2.45) is 17.6 Å². The third-order valence-electron chi connectivity index (χ3n) is 3.46. The van der Waals surface area contributed by atoms with Crippen molar-refractivity contribution in [2.75, 3.05) is 13.7 Å². The minimum atomic E-state index is -1.19. The summed E-state index contributed by atoms with van der Waals surface area (Å²) in [7, 11) is 1.55. The number of carbonyl (C=O) groups excluding carboxylic acids is 2. The maximum atomic E-state index is 12.4. The highest BCUT2D eigenvalue weighted by molar-refractivity contribution is 5.91. The number of amides is 2. The van der Waals surface area contributed by atoms with Gasteiger partial charge in [-0.1, -0.05) is 27.7 Å². The SMILES string of the molecule is COC[C@H](NC(=O)[C@H](NC(=O)[C@@H](N)CC(=O)O)C(C)C)C(C)C. The molecule has 0 saturated carbocycles. The molecule has 0 spiro atoms. The Balaban J connectivity index is 4.86. The standard InChI is InChI=1S/C15H29N3O5/c1-8(2)11(7-23-5)17-15(22)13(9(3)4)18-14(21)10(16)6-12(19)20/h8-11,13H,6-7,16H2,1-5H3,(H,17,22)(H,18,21)(H,19,20)/t10-,11-,13+/m0/s1. The number of ether oxygens (including phenoxy) is 1. The fourth-order valence-electron chi connectivity index (χ4n) is 1.93. The fraction of sp³-hybridized carbons (Fsp3) is 0.800. The number of methoxy groups -OCH3 is 1. The summed E-state index contributed by atoms with van der Waals surface area (Å²) >= 11 is 0. The molecule has 0 heterocycles. The lowest BCUT2D eigenvalue weighted by atomic mass is 10.00. The Bertz CT molecular complexity index is 412. The quantitative estimate of drug-likeness (QED) is 0.435. The molecule has 5 N–H and O–H groups in total. The number of carboxylic acid groups (broad SMARTS) is 1. The number of hydrogen-bond donors (Lipinski definition) is 4. The van der Waals surface area contributed by atoms with Gasteiger partial charge in [-0.05, 0) is 11.8 Å². The molecule has 8 heteroatoms. The summed E-state index contributed by atoms with van der Waals surface area (Å²) in [4.78, 5) is 35.0. The van der Waals surface area contributed by atoms with E-state index < -0.39 is 30.4 Å². The molecule has 0 bridgehead atoms. The Morgan fingerprint density at radius 2 is 1.61 bits per heavy atom. The van der Waals surface area contributed by atoms with Gasteiger partial charge in [0.2, 0.25) is 11.8 Å². The average molecular weight is 331 g/mol. The van der Waals surface area contributed by atoms with E-state index in [0.717, 1.165) is 0 Å². The molecular weight excluding hydrogens is 302 g/mol. The first-order valence-corrected chi connectivity index (χ1v) is 7.67. The molecule has 0 aliphatic heterocycles. The van der Waals surface area contributed by atoms with Crippen molar-refractivity contribution in [2.45, 2.75) is 52.2 Å². The van der Waals surface area contributed by atoms with Crippen molar-refractivity contribution in [1.29, 1.82) is 0 Å². The second-order valence-electron chi connectivity index (χ2n) is 6.25. The van der Waals surface area contributed by atoms with Crippen molar-refractivity contribution >= 4 is 17.8 Å². The predicted octanol–water partition coefficient (Wildman–Crippen LogP) is -0.284. The molecule has 0 aromatic rings. The van der Waals surface area contributed by atoms with Crippen molar-refractivity contribution in [3.05, 3.63) is 0 Å². The molecule has 0 unspecified atom stereocenters. The molecule has 0 aliphatic carbocycles. The monoisotopic (exact) mass is 331 g/mol. The summed E-state index contributed by atoms with van der Waals surface area (Å²) < 4.78 is 5.08. The smallest absolute Gasteiger partial charge is 0.305 e. The lowest BCUT2D eigenvalue weighted by Crippen LogP contribution is -2.56. The third-order valence-corrected chi connectivity index (χ3v) is 3.46. The third kappa shape index (κ3) is 7.94. The van der Waals surface area contributed by atoms with E-state index in [-0.39, 0.29) is 23.8 Å². The van der Waals surface area contributed by atoms with Crippen molar-refractivity contribution in [3.8, 4) is 0 Å². The lowest BCUT2D eigenvalue weighted by molar-refractivity contribution is -0.139. The number of nitrogens with two attached hydrogens (primary N) is 1. The van der Waals surface area contributed by atoms with Crippen LogP contribution in [0.25, 0.3) is 0 Å². The van der Waals surface area contributed by atoms with Crippen LogP contribution in [0.3, 0.4) is 0 Å². The lowest BCUT2D eigenvalue weighted by Gasteiger charge is -2.27. The Labute approximate surface area is 137 Å². The minimum absolute atomic E-state index is 0.164. The Hall–Kier alpha value is -1.67. The molecule has 0 aliphatic rings. The summed E-state index contributed by atoms with van der Waals surface area (Å²) in [6.07, 6.45) is -0.490. The largest absolute Gasteiger partial charge is 0.481 e. The fourth-order valence-corrected chi connectivity index (χ4v) is 1.93. The van der Waals surface area contributed by atoms with Gasteiger partial charge in [0.05, 0.1) is 25.1 Å². The molecule has 134 valence electrons. The van der Waals surface area contributed by atoms with E-state index in [9.17, 15) is 14.4 Å². The van der Waals surface area contributed by atoms with E-state index in [1.807, 2.05) is 13.8 Å². The minimum Gasteiger partial charge on any atom is -0.481 e. The average Bonchev–Trinajstić information content (AvgIpc) is 2.42. The molecule has 0 radical (unpaired) electrons. The first-order chi connectivity index (χ1) is 10.6. The first kappa shape index (κ1) is 21.3. The maximum Gasteiger partial charge on any atom is 0.305 e. The van der Waals surface area contributed by atoms with Crippen LogP contribution in [0.5, 0.6) is 0 Å². The highest BCUT2D eigenvalue weighted by atomic mass is 16.5. The molecule has 8 nitrogen and oxygen atoms in total. The Morgan fingerprint density at radius 1 is 1.04 bits per heavy atom. The van der Waals surface area contributed by atoms with Gasteiger partial charge in [0.25, 0.3) is 0 Å². The van der Waals surface area contributed by atoms with Crippen LogP contribution in [-0.2, 0) is 19.1 Å². The Morgan fingerprint density at radius 3 is 2.00 bits per heavy atom. The molecule has 0 fully saturated rings. The van der Waals surface area contributed by atoms with Gasteiger partial charge in [0.15, 0.2) is 0 Å². The molecule has 2 amide bonds. The zero-order valence-corrected chi connectivity index (χ0v) is 14.5. The van der Waals surface area contributed by atoms with E-state index in [1.54, 1.807) is 21.0 Å². The predicted molar refractivity (Wildman–Crippen MR) is 85.6 cm³/mol. The number of carboxylic acids is 1. The van der Waals surface area contributed by atoms with Crippen LogP contribution < -0.4 is 16.4 Å². The second-order valence-corrected chi connectivity index (χ2v) is 6.25. The van der Waals surface area contributed by atoms with Gasteiger partial charge in [-0.15, -0.1) is 0 Å². The van der Waals surface area contributed by atoms with Gasteiger partial charge in [0.1, 0.15) is 6.04 Å². The van der Waals surface area contributed by atoms with Crippen molar-refractivity contribution in [1.82, 2.24) is 10.6 Å². The van der Waals surface area contributed by atoms with Crippen molar-refractivity contribution in [3.63, 3.8) is 0 Å². The zero-order chi connectivity index (χ0) is 18.2. The summed E-state index contributed by atoms with van der Waals surface area (Å²) in [5, 5.41) is 14.0. The molecule has 0 aromatic carbocycles. The van der Waals surface area contributed by atoms with Crippen LogP contribution in [-0.4, -0.2) is 54.7 Å². The van der Waals surface area contributed by atoms with Crippen molar-refractivity contribution < 1.29 is 24.2 Å². The van der Waals surface area contributed by atoms with Gasteiger partial charge >= 0.3 is 5.97 Å².